The molecule has 9 heteroatoms. The van der Waals surface area contributed by atoms with E-state index >= 15 is 0 Å². The standard InChI is InChI=1S/C12H15N3O6/c1-19-10(16)4-7(13)5(11(17)20-2)9(15)6(8(4)14)12(18)21-3/h13-15H2,1-3H3. The average Bonchev–Trinajstić information content (AvgIpc) is 2.46. The van der Waals surface area contributed by atoms with E-state index in [1.807, 2.05) is 0 Å². The van der Waals surface area contributed by atoms with E-state index in [0.717, 1.165) is 21.3 Å². The number of hydrogen-bond acceptors (Lipinski definition) is 9. The van der Waals surface area contributed by atoms with Crippen LogP contribution in [0.3, 0.4) is 0 Å². The lowest BCUT2D eigenvalue weighted by Crippen LogP contribution is -2.21. The lowest BCUT2D eigenvalue weighted by molar-refractivity contribution is 0.0603. The Morgan fingerprint density at radius 2 is 0.810 bits per heavy atom. The maximum Gasteiger partial charge on any atom is 0.342 e. The Morgan fingerprint density at radius 3 is 0.952 bits per heavy atom. The highest BCUT2D eigenvalue weighted by Crippen LogP contribution is 2.35. The minimum atomic E-state index is -0.930. The van der Waals surface area contributed by atoms with Crippen LogP contribution in [0.2, 0.25) is 0 Å². The number of carbonyl (C=O) groups is 3. The fourth-order valence-corrected chi connectivity index (χ4v) is 1.78. The SMILES string of the molecule is COC(=O)c1c(N)c(C(=O)OC)c(N)c(C(=O)OC)c1N. The van der Waals surface area contributed by atoms with Gasteiger partial charge in [0.2, 0.25) is 0 Å². The number of hydrogen-bond donors (Lipinski definition) is 3. The van der Waals surface area contributed by atoms with Gasteiger partial charge in [-0.05, 0) is 0 Å². The van der Waals surface area contributed by atoms with E-state index in [4.69, 9.17) is 17.2 Å². The number of ether oxygens (including phenoxy) is 3. The van der Waals surface area contributed by atoms with Crippen molar-refractivity contribution in [1.82, 2.24) is 0 Å². The monoisotopic (exact) mass is 297 g/mol. The molecule has 9 nitrogen and oxygen atoms in total. The lowest BCUT2D eigenvalue weighted by atomic mass is 9.97. The number of nitrogens with two attached hydrogens (primary N) is 3. The van der Waals surface area contributed by atoms with Crippen LogP contribution in [0.5, 0.6) is 0 Å². The van der Waals surface area contributed by atoms with Crippen molar-refractivity contribution in [2.75, 3.05) is 38.5 Å². The van der Waals surface area contributed by atoms with E-state index in [2.05, 4.69) is 14.2 Å². The van der Waals surface area contributed by atoms with E-state index in [-0.39, 0.29) is 33.8 Å². The molecule has 0 spiro atoms. The first-order valence-corrected chi connectivity index (χ1v) is 5.57. The third kappa shape index (κ3) is 2.53. The molecule has 0 aromatic heterocycles. The number of carbonyl (C=O) groups excluding carboxylic acids is 3. The van der Waals surface area contributed by atoms with E-state index in [1.165, 1.54) is 0 Å². The minimum absolute atomic E-state index is 0.337. The molecular formula is C12H15N3O6. The Bertz CT molecular complexity index is 519. The van der Waals surface area contributed by atoms with Gasteiger partial charge in [0.15, 0.2) is 0 Å². The quantitative estimate of drug-likeness (QED) is 0.390. The minimum Gasteiger partial charge on any atom is -0.465 e. The van der Waals surface area contributed by atoms with E-state index in [0.29, 0.717) is 0 Å². The van der Waals surface area contributed by atoms with Crippen LogP contribution in [-0.4, -0.2) is 39.2 Å². The van der Waals surface area contributed by atoms with E-state index in [1.54, 1.807) is 0 Å². The summed E-state index contributed by atoms with van der Waals surface area (Å²) in [5.74, 6) is -2.79. The van der Waals surface area contributed by atoms with Gasteiger partial charge in [-0.1, -0.05) is 0 Å². The van der Waals surface area contributed by atoms with Gasteiger partial charge < -0.3 is 31.4 Å². The van der Waals surface area contributed by atoms with Crippen LogP contribution in [0.25, 0.3) is 0 Å². The molecule has 0 aliphatic heterocycles. The van der Waals surface area contributed by atoms with Gasteiger partial charge in [0.1, 0.15) is 16.7 Å². The maximum absolute atomic E-state index is 11.8. The van der Waals surface area contributed by atoms with Crippen LogP contribution < -0.4 is 17.2 Å². The van der Waals surface area contributed by atoms with Crippen molar-refractivity contribution in [3.63, 3.8) is 0 Å². The van der Waals surface area contributed by atoms with E-state index in [9.17, 15) is 14.4 Å². The van der Waals surface area contributed by atoms with Crippen LogP contribution in [0.1, 0.15) is 31.1 Å². The molecule has 114 valence electrons. The summed E-state index contributed by atoms with van der Waals surface area (Å²) in [7, 11) is 3.27. The highest BCUT2D eigenvalue weighted by atomic mass is 16.5. The van der Waals surface area contributed by atoms with Crippen molar-refractivity contribution in [2.45, 2.75) is 0 Å². The Labute approximate surface area is 119 Å². The number of anilines is 3. The molecule has 0 amide bonds. The van der Waals surface area contributed by atoms with Crippen LogP contribution >= 0.6 is 0 Å². The van der Waals surface area contributed by atoms with E-state index < -0.39 is 17.9 Å². The zero-order chi connectivity index (χ0) is 16.3. The largest absolute Gasteiger partial charge is 0.465 e. The third-order valence-corrected chi connectivity index (χ3v) is 2.78. The predicted molar refractivity (Wildman–Crippen MR) is 73.7 cm³/mol. The van der Waals surface area contributed by atoms with Crippen molar-refractivity contribution in [1.29, 1.82) is 0 Å². The molecule has 0 aliphatic carbocycles. The zero-order valence-electron chi connectivity index (χ0n) is 11.7. The second-order valence-electron chi connectivity index (χ2n) is 3.84. The van der Waals surface area contributed by atoms with Crippen molar-refractivity contribution >= 4 is 35.0 Å². The summed E-state index contributed by atoms with van der Waals surface area (Å²) in [6.45, 7) is 0. The zero-order valence-corrected chi connectivity index (χ0v) is 11.7. The Balaban J connectivity index is 3.87. The number of esters is 3. The Hall–Kier alpha value is -2.97. The fraction of sp³-hybridized carbons (Fsp3) is 0.250. The van der Waals surface area contributed by atoms with Crippen molar-refractivity contribution < 1.29 is 28.6 Å². The smallest absolute Gasteiger partial charge is 0.342 e. The summed E-state index contributed by atoms with van der Waals surface area (Å²) in [6.07, 6.45) is 0. The second-order valence-corrected chi connectivity index (χ2v) is 3.84. The molecule has 0 bridgehead atoms. The summed E-state index contributed by atoms with van der Waals surface area (Å²) < 4.78 is 13.6. The molecule has 0 radical (unpaired) electrons. The molecule has 1 aromatic carbocycles. The fourth-order valence-electron chi connectivity index (χ4n) is 1.78. The highest BCUT2D eigenvalue weighted by molar-refractivity contribution is 6.17. The van der Waals surface area contributed by atoms with Gasteiger partial charge in [0, 0.05) is 0 Å². The first kappa shape index (κ1) is 16.1. The molecule has 0 unspecified atom stereocenters. The van der Waals surface area contributed by atoms with Gasteiger partial charge in [-0.2, -0.15) is 0 Å². The van der Waals surface area contributed by atoms with Gasteiger partial charge in [-0.25, -0.2) is 14.4 Å². The molecule has 1 rings (SSSR count). The van der Waals surface area contributed by atoms with Crippen molar-refractivity contribution in [3.8, 4) is 0 Å². The molecule has 21 heavy (non-hydrogen) atoms. The maximum atomic E-state index is 11.8. The van der Waals surface area contributed by atoms with Gasteiger partial charge in [0.25, 0.3) is 0 Å². The Morgan fingerprint density at radius 1 is 0.619 bits per heavy atom. The molecule has 0 saturated carbocycles. The topological polar surface area (TPSA) is 157 Å². The van der Waals surface area contributed by atoms with Gasteiger partial charge in [-0.3, -0.25) is 0 Å². The molecule has 1 aromatic rings. The summed E-state index contributed by atoms with van der Waals surface area (Å²) in [5.41, 5.74) is 15.1. The molecule has 0 saturated heterocycles. The highest BCUT2D eigenvalue weighted by Gasteiger charge is 2.31. The van der Waals surface area contributed by atoms with Crippen LogP contribution in [0.15, 0.2) is 0 Å². The predicted octanol–water partition coefficient (Wildman–Crippen LogP) is -0.207. The first-order valence-electron chi connectivity index (χ1n) is 5.57. The summed E-state index contributed by atoms with van der Waals surface area (Å²) in [6, 6.07) is 0. The first-order chi connectivity index (χ1) is 9.81. The molecule has 0 fully saturated rings. The number of rotatable bonds is 3. The van der Waals surface area contributed by atoms with Crippen LogP contribution in [0.4, 0.5) is 17.1 Å². The number of methoxy groups -OCH3 is 3. The average molecular weight is 297 g/mol. The molecule has 0 aliphatic rings. The third-order valence-electron chi connectivity index (χ3n) is 2.78. The second kappa shape index (κ2) is 5.99. The van der Waals surface area contributed by atoms with Gasteiger partial charge >= 0.3 is 17.9 Å². The molecule has 6 N–H and O–H groups in total. The molecule has 0 heterocycles. The summed E-state index contributed by atoms with van der Waals surface area (Å²) in [5, 5.41) is 0. The van der Waals surface area contributed by atoms with Crippen molar-refractivity contribution in [3.05, 3.63) is 16.7 Å². The van der Waals surface area contributed by atoms with Crippen molar-refractivity contribution in [2.24, 2.45) is 0 Å². The van der Waals surface area contributed by atoms with Gasteiger partial charge in [-0.15, -0.1) is 0 Å². The van der Waals surface area contributed by atoms with Crippen LogP contribution in [0, 0.1) is 0 Å². The molecule has 0 atom stereocenters. The summed E-state index contributed by atoms with van der Waals surface area (Å²) >= 11 is 0. The number of nitrogen functional groups attached to an aromatic ring is 3. The number of benzene rings is 1. The normalized spacial score (nSPS) is 9.86. The molecular weight excluding hydrogens is 282 g/mol. The van der Waals surface area contributed by atoms with Crippen LogP contribution in [-0.2, 0) is 14.2 Å². The van der Waals surface area contributed by atoms with Gasteiger partial charge in [0.05, 0.1) is 38.4 Å². The lowest BCUT2D eigenvalue weighted by Gasteiger charge is -2.17. The summed E-state index contributed by atoms with van der Waals surface area (Å²) in [4.78, 5) is 35.3. The Kier molecular flexibility index (Phi) is 4.59.